The molecule has 1 N–H and O–H groups in total. The molecule has 7 nitrogen and oxygen atoms in total. The van der Waals surface area contributed by atoms with Crippen LogP contribution in [-0.4, -0.2) is 57.4 Å². The minimum absolute atomic E-state index is 0.0537. The van der Waals surface area contributed by atoms with Crippen LogP contribution in [0.2, 0.25) is 10.0 Å². The van der Waals surface area contributed by atoms with Crippen molar-refractivity contribution in [2.24, 2.45) is 0 Å². The van der Waals surface area contributed by atoms with Crippen LogP contribution in [-0.2, 0) is 27.1 Å². The van der Waals surface area contributed by atoms with Gasteiger partial charge in [-0.2, -0.15) is 0 Å². The third kappa shape index (κ3) is 6.41. The summed E-state index contributed by atoms with van der Waals surface area (Å²) in [7, 11) is 1.15. The van der Waals surface area contributed by atoms with Crippen LogP contribution in [0, 0.1) is 17.5 Å². The molecule has 0 aromatic heterocycles. The fourth-order valence-corrected chi connectivity index (χ4v) is 6.22. The van der Waals surface area contributed by atoms with Gasteiger partial charge in [0.15, 0.2) is 0 Å². The van der Waals surface area contributed by atoms with Gasteiger partial charge in [-0.05, 0) is 55.2 Å². The molecule has 2 aliphatic heterocycles. The number of esters is 1. The van der Waals surface area contributed by atoms with Crippen LogP contribution in [0.4, 0.5) is 18.9 Å². The summed E-state index contributed by atoms with van der Waals surface area (Å²) in [6, 6.07) is 6.54. The number of amides is 1. The largest absolute Gasteiger partial charge is 0.493 e. The summed E-state index contributed by atoms with van der Waals surface area (Å²) >= 11 is 12.7. The number of carbonyl (C=O) groups excluding carboxylic acids is 2. The Morgan fingerprint density at radius 2 is 1.79 bits per heavy atom. The lowest BCUT2D eigenvalue weighted by molar-refractivity contribution is -0.142. The van der Waals surface area contributed by atoms with E-state index in [9.17, 15) is 14.0 Å². The number of ether oxygens (including phenoxy) is 3. The normalized spacial score (nSPS) is 17.1. The molecule has 1 saturated heterocycles. The van der Waals surface area contributed by atoms with Crippen molar-refractivity contribution in [3.05, 3.63) is 80.6 Å². The highest BCUT2D eigenvalue weighted by Crippen LogP contribution is 2.44. The first-order chi connectivity index (χ1) is 20.6. The maximum atomic E-state index is 15.2. The van der Waals surface area contributed by atoms with Crippen LogP contribution in [0.3, 0.4) is 0 Å². The summed E-state index contributed by atoms with van der Waals surface area (Å²) in [5.41, 5.74) is 1.81. The number of nitrogens with zero attached hydrogens (tertiary/aromatic N) is 1. The summed E-state index contributed by atoms with van der Waals surface area (Å²) in [4.78, 5) is 27.8. The van der Waals surface area contributed by atoms with E-state index in [0.29, 0.717) is 67.3 Å². The summed E-state index contributed by atoms with van der Waals surface area (Å²) in [5.74, 6) is -4.12. The number of morpholine rings is 1. The molecule has 3 aromatic carbocycles. The molecule has 0 spiro atoms. The van der Waals surface area contributed by atoms with Crippen molar-refractivity contribution in [3.63, 3.8) is 0 Å². The van der Waals surface area contributed by atoms with Crippen LogP contribution >= 0.6 is 23.2 Å². The number of hydrogen-bond donors (Lipinski definition) is 1. The first kappa shape index (κ1) is 31.0. The van der Waals surface area contributed by atoms with Crippen molar-refractivity contribution in [1.29, 1.82) is 0 Å². The molecule has 5 rings (SSSR count). The molecular weight excluding hydrogens is 608 g/mol. The second-order valence-corrected chi connectivity index (χ2v) is 11.2. The van der Waals surface area contributed by atoms with E-state index in [-0.39, 0.29) is 22.5 Å². The van der Waals surface area contributed by atoms with Gasteiger partial charge in [0.2, 0.25) is 0 Å². The molecular formula is C31H29Cl2F3N2O5. The van der Waals surface area contributed by atoms with E-state index in [1.54, 1.807) is 17.0 Å². The minimum Gasteiger partial charge on any atom is -0.493 e. The summed E-state index contributed by atoms with van der Waals surface area (Å²) in [5, 5.41) is 2.66. The fourth-order valence-electron chi connectivity index (χ4n) is 5.56. The van der Waals surface area contributed by atoms with Crippen LogP contribution in [0.1, 0.15) is 34.8 Å². The highest BCUT2D eigenvalue weighted by atomic mass is 35.5. The Kier molecular flexibility index (Phi) is 9.39. The van der Waals surface area contributed by atoms with E-state index in [1.807, 2.05) is 6.92 Å². The predicted molar refractivity (Wildman–Crippen MR) is 157 cm³/mol. The van der Waals surface area contributed by atoms with Crippen molar-refractivity contribution in [3.8, 4) is 16.9 Å². The van der Waals surface area contributed by atoms with Crippen LogP contribution in [0.5, 0.6) is 5.75 Å². The Hall–Kier alpha value is -3.47. The Morgan fingerprint density at radius 1 is 1.09 bits per heavy atom. The van der Waals surface area contributed by atoms with Gasteiger partial charge in [-0.25, -0.2) is 18.0 Å². The van der Waals surface area contributed by atoms with Gasteiger partial charge in [-0.3, -0.25) is 4.79 Å². The second kappa shape index (κ2) is 13.0. The third-order valence-electron chi connectivity index (χ3n) is 7.62. The monoisotopic (exact) mass is 636 g/mol. The molecule has 0 saturated carbocycles. The van der Waals surface area contributed by atoms with E-state index in [4.69, 9.17) is 37.4 Å². The van der Waals surface area contributed by atoms with Gasteiger partial charge >= 0.3 is 5.97 Å². The van der Waals surface area contributed by atoms with Crippen molar-refractivity contribution in [2.75, 3.05) is 38.4 Å². The molecule has 0 aliphatic carbocycles. The SMILES string of the molecule is COC(=O)[C@H](Cc1ccc(-c2c(Cl)cc(F)cc2Cl)c2c1CCCO2)NC(=O)c1c(F)cc(N2CCOC[C@@H]2C)cc1F. The van der Waals surface area contributed by atoms with Crippen molar-refractivity contribution in [2.45, 2.75) is 38.3 Å². The van der Waals surface area contributed by atoms with Crippen molar-refractivity contribution >= 4 is 40.8 Å². The second-order valence-electron chi connectivity index (χ2n) is 10.4. The lowest BCUT2D eigenvalue weighted by Crippen LogP contribution is -2.44. The predicted octanol–water partition coefficient (Wildman–Crippen LogP) is 6.14. The van der Waals surface area contributed by atoms with Crippen LogP contribution < -0.4 is 15.0 Å². The van der Waals surface area contributed by atoms with Crippen LogP contribution in [0.25, 0.3) is 11.1 Å². The van der Waals surface area contributed by atoms with Crippen molar-refractivity contribution < 1.29 is 37.0 Å². The first-order valence-corrected chi connectivity index (χ1v) is 14.5. The van der Waals surface area contributed by atoms with Gasteiger partial charge in [0, 0.05) is 35.8 Å². The molecule has 2 atom stereocenters. The number of benzene rings is 3. The molecule has 43 heavy (non-hydrogen) atoms. The van der Waals surface area contributed by atoms with Gasteiger partial charge in [0.25, 0.3) is 5.91 Å². The number of fused-ring (bicyclic) bond motifs is 1. The molecule has 2 heterocycles. The topological polar surface area (TPSA) is 77.1 Å². The average molecular weight is 637 g/mol. The highest BCUT2D eigenvalue weighted by molar-refractivity contribution is 6.39. The standard InChI is InChI=1S/C31H29Cl2F3N2O5/c1-16-15-42-9-7-38(16)19-13-24(35)28(25(36)14-19)30(39)37-26(31(40)41-2)10-17-5-6-21(29-20(17)4-3-8-43-29)27-22(32)11-18(34)12-23(27)33/h5-6,11-14,16,26H,3-4,7-10,15H2,1-2H3,(H,37,39)/t16-,26-/m0/s1. The number of halogens is 5. The minimum atomic E-state index is -1.27. The van der Waals surface area contributed by atoms with E-state index in [0.717, 1.165) is 36.9 Å². The molecule has 12 heteroatoms. The van der Waals surface area contributed by atoms with E-state index in [1.165, 1.54) is 0 Å². The number of hydrogen-bond acceptors (Lipinski definition) is 6. The molecule has 0 unspecified atom stereocenters. The summed E-state index contributed by atoms with van der Waals surface area (Å²) in [6.45, 7) is 3.55. The Bertz CT molecular complexity index is 1520. The van der Waals surface area contributed by atoms with Gasteiger partial charge < -0.3 is 24.4 Å². The zero-order valence-corrected chi connectivity index (χ0v) is 25.0. The highest BCUT2D eigenvalue weighted by Gasteiger charge is 2.30. The lowest BCUT2D eigenvalue weighted by atomic mass is 9.90. The summed E-state index contributed by atoms with van der Waals surface area (Å²) in [6.07, 6.45) is 1.19. The Morgan fingerprint density at radius 3 is 2.44 bits per heavy atom. The molecule has 0 radical (unpaired) electrons. The number of nitrogens with one attached hydrogen (secondary N) is 1. The molecule has 1 amide bonds. The smallest absolute Gasteiger partial charge is 0.328 e. The van der Waals surface area contributed by atoms with E-state index in [2.05, 4.69) is 5.32 Å². The van der Waals surface area contributed by atoms with E-state index >= 15 is 8.78 Å². The Labute approximate surface area is 256 Å². The zero-order valence-electron chi connectivity index (χ0n) is 23.4. The zero-order chi connectivity index (χ0) is 30.8. The molecule has 3 aromatic rings. The third-order valence-corrected chi connectivity index (χ3v) is 8.22. The lowest BCUT2D eigenvalue weighted by Gasteiger charge is -2.35. The molecule has 228 valence electrons. The number of rotatable bonds is 7. The van der Waals surface area contributed by atoms with Gasteiger partial charge in [0.1, 0.15) is 34.8 Å². The number of carbonyl (C=O) groups is 2. The number of anilines is 1. The average Bonchev–Trinajstić information content (AvgIpc) is 2.96. The molecule has 2 aliphatic rings. The van der Waals surface area contributed by atoms with E-state index < -0.39 is 40.9 Å². The Balaban J connectivity index is 1.44. The van der Waals surface area contributed by atoms with Gasteiger partial charge in [-0.15, -0.1) is 0 Å². The maximum Gasteiger partial charge on any atom is 0.328 e. The van der Waals surface area contributed by atoms with Gasteiger partial charge in [-0.1, -0.05) is 35.3 Å². The molecule has 1 fully saturated rings. The van der Waals surface area contributed by atoms with Gasteiger partial charge in [0.05, 0.1) is 37.0 Å². The summed E-state index contributed by atoms with van der Waals surface area (Å²) < 4.78 is 60.5. The quantitative estimate of drug-likeness (QED) is 0.314. The fraction of sp³-hybridized carbons (Fsp3) is 0.355. The number of methoxy groups -OCH3 is 1. The first-order valence-electron chi connectivity index (χ1n) is 13.7. The maximum absolute atomic E-state index is 15.2. The van der Waals surface area contributed by atoms with Crippen LogP contribution in [0.15, 0.2) is 36.4 Å². The molecule has 0 bridgehead atoms. The van der Waals surface area contributed by atoms with Crippen molar-refractivity contribution in [1.82, 2.24) is 5.32 Å².